The van der Waals surface area contributed by atoms with Crippen LogP contribution in [0.3, 0.4) is 0 Å². The lowest BCUT2D eigenvalue weighted by Gasteiger charge is -2.39. The molecule has 1 amide bonds. The molecule has 1 atom stereocenters. The number of benzene rings is 1. The molecule has 5 rings (SSSR count). The fraction of sp³-hybridized carbons (Fsp3) is 0.136. The van der Waals surface area contributed by atoms with Crippen molar-refractivity contribution < 1.29 is 18.7 Å². The molecular formula is C22H14ClFN6O3. The summed E-state index contributed by atoms with van der Waals surface area (Å²) in [5.74, 6) is -1.10. The van der Waals surface area contributed by atoms with E-state index >= 15 is 0 Å². The maximum Gasteiger partial charge on any atom is 0.283 e. The van der Waals surface area contributed by atoms with Gasteiger partial charge in [-0.1, -0.05) is 11.6 Å². The molecule has 1 spiro atoms. The summed E-state index contributed by atoms with van der Waals surface area (Å²) in [6, 6.07) is 11.2. The third kappa shape index (κ3) is 3.48. The lowest BCUT2D eigenvalue weighted by Crippen LogP contribution is -2.39. The molecule has 9 nitrogen and oxygen atoms in total. The Balaban J connectivity index is 1.58. The van der Waals surface area contributed by atoms with Gasteiger partial charge in [0.05, 0.1) is 12.2 Å². The van der Waals surface area contributed by atoms with Gasteiger partial charge in [0.2, 0.25) is 0 Å². The second-order valence-electron chi connectivity index (χ2n) is 7.33. The first-order valence-electron chi connectivity index (χ1n) is 9.74. The van der Waals surface area contributed by atoms with Gasteiger partial charge in [0.1, 0.15) is 28.2 Å². The summed E-state index contributed by atoms with van der Waals surface area (Å²) in [5, 5.41) is 11.6. The molecule has 1 unspecified atom stereocenters. The smallest absolute Gasteiger partial charge is 0.283 e. The quantitative estimate of drug-likeness (QED) is 0.554. The zero-order valence-corrected chi connectivity index (χ0v) is 17.6. The van der Waals surface area contributed by atoms with Crippen molar-refractivity contribution in [2.24, 2.45) is 10.7 Å². The molecule has 33 heavy (non-hydrogen) atoms. The fourth-order valence-electron chi connectivity index (χ4n) is 3.91. The zero-order chi connectivity index (χ0) is 23.2. The molecular weight excluding hydrogens is 451 g/mol. The highest BCUT2D eigenvalue weighted by Crippen LogP contribution is 2.53. The minimum atomic E-state index is -1.15. The number of anilines is 1. The van der Waals surface area contributed by atoms with Crippen molar-refractivity contribution in [2.45, 2.75) is 12.0 Å². The summed E-state index contributed by atoms with van der Waals surface area (Å²) in [6.45, 7) is 0.224. The van der Waals surface area contributed by atoms with Crippen molar-refractivity contribution >= 4 is 29.2 Å². The first kappa shape index (κ1) is 20.7. The van der Waals surface area contributed by atoms with Crippen LogP contribution in [0.4, 0.5) is 10.1 Å². The number of rotatable bonds is 2. The van der Waals surface area contributed by atoms with E-state index in [-0.39, 0.29) is 29.2 Å². The van der Waals surface area contributed by atoms with Crippen LogP contribution < -0.4 is 15.8 Å². The number of nitrogens with zero attached hydrogens (tertiary/aromatic N) is 4. The van der Waals surface area contributed by atoms with Crippen molar-refractivity contribution in [1.29, 1.82) is 5.26 Å². The van der Waals surface area contributed by atoms with E-state index in [0.29, 0.717) is 34.5 Å². The van der Waals surface area contributed by atoms with Crippen LogP contribution >= 0.6 is 11.6 Å². The normalized spacial score (nSPS) is 18.2. The standard InChI is InChI=1S/C22H14ClFN6O3/c23-17-8-14-18(19(24)29-17)33-16-4-2-12(7-13(16)22(14)5-6-32-21(26)30-22)28-20(31)15-3-1-11(9-25)10-27-15/h1-4,7-8,10H,5-6H2,(H2,26,30)(H,28,31). The number of hydrogen-bond acceptors (Lipinski definition) is 8. The first-order chi connectivity index (χ1) is 15.9. The maximum atomic E-state index is 14.6. The molecule has 3 N–H and O–H groups in total. The molecule has 0 radical (unpaired) electrons. The van der Waals surface area contributed by atoms with Crippen molar-refractivity contribution in [3.05, 3.63) is 76.1 Å². The average Bonchev–Trinajstić information content (AvgIpc) is 2.80. The van der Waals surface area contributed by atoms with Gasteiger partial charge in [-0.05, 0) is 36.4 Å². The van der Waals surface area contributed by atoms with E-state index < -0.39 is 17.4 Å². The van der Waals surface area contributed by atoms with Gasteiger partial charge in [-0.15, -0.1) is 0 Å². The Hall–Kier alpha value is -4.23. The number of fused-ring (bicyclic) bond motifs is 4. The van der Waals surface area contributed by atoms with E-state index in [0.717, 1.165) is 0 Å². The largest absolute Gasteiger partial charge is 0.465 e. The fourth-order valence-corrected chi connectivity index (χ4v) is 4.09. The number of aliphatic imine (C=N–C) groups is 1. The van der Waals surface area contributed by atoms with Gasteiger partial charge in [0.25, 0.3) is 17.9 Å². The number of amides is 1. The van der Waals surface area contributed by atoms with Crippen LogP contribution in [0.5, 0.6) is 11.5 Å². The third-order valence-corrected chi connectivity index (χ3v) is 5.57. The topological polar surface area (TPSA) is 136 Å². The molecule has 2 aliphatic heterocycles. The molecule has 0 aliphatic carbocycles. The Kier molecular flexibility index (Phi) is 4.83. The molecule has 11 heteroatoms. The lowest BCUT2D eigenvalue weighted by molar-refractivity contribution is 0.102. The molecule has 2 aliphatic rings. The number of ether oxygens (including phenoxy) is 2. The molecule has 3 aromatic rings. The average molecular weight is 465 g/mol. The number of nitriles is 1. The Morgan fingerprint density at radius 1 is 1.27 bits per heavy atom. The maximum absolute atomic E-state index is 14.6. The van der Waals surface area contributed by atoms with Gasteiger partial charge in [-0.3, -0.25) is 4.79 Å². The SMILES string of the molecule is N#Cc1ccc(C(=O)Nc2ccc3c(c2)C2(CCOC(N)=N2)c2cc(Cl)nc(F)c2O3)nc1. The van der Waals surface area contributed by atoms with E-state index in [1.165, 1.54) is 24.4 Å². The number of nitrogens with one attached hydrogen (secondary N) is 1. The Labute approximate surface area is 191 Å². The Bertz CT molecular complexity index is 1370. The van der Waals surface area contributed by atoms with E-state index in [9.17, 15) is 9.18 Å². The second kappa shape index (κ2) is 7.72. The number of halogens is 2. The van der Waals surface area contributed by atoms with Crippen LogP contribution in [0.15, 0.2) is 47.6 Å². The Morgan fingerprint density at radius 3 is 2.85 bits per heavy atom. The number of amidine groups is 1. The number of nitrogens with two attached hydrogens (primary N) is 1. The molecule has 0 saturated carbocycles. The third-order valence-electron chi connectivity index (χ3n) is 5.38. The van der Waals surface area contributed by atoms with E-state index in [1.54, 1.807) is 18.2 Å². The van der Waals surface area contributed by atoms with Crippen molar-refractivity contribution in [3.8, 4) is 17.6 Å². The number of hydrogen-bond donors (Lipinski definition) is 2. The van der Waals surface area contributed by atoms with E-state index in [2.05, 4.69) is 20.3 Å². The van der Waals surface area contributed by atoms with Gasteiger partial charge >= 0.3 is 0 Å². The first-order valence-corrected chi connectivity index (χ1v) is 10.1. The summed E-state index contributed by atoms with van der Waals surface area (Å²) >= 11 is 6.04. The summed E-state index contributed by atoms with van der Waals surface area (Å²) in [4.78, 5) is 24.8. The van der Waals surface area contributed by atoms with Crippen LogP contribution in [-0.2, 0) is 10.3 Å². The highest BCUT2D eigenvalue weighted by atomic mass is 35.5. The molecule has 0 saturated heterocycles. The van der Waals surface area contributed by atoms with Gasteiger partial charge in [0, 0.05) is 29.4 Å². The molecule has 0 bridgehead atoms. The summed E-state index contributed by atoms with van der Waals surface area (Å²) in [6.07, 6.45) is 1.64. The predicted molar refractivity (Wildman–Crippen MR) is 116 cm³/mol. The number of carbonyl (C=O) groups excluding carboxylic acids is 1. The van der Waals surface area contributed by atoms with Gasteiger partial charge < -0.3 is 20.5 Å². The molecule has 164 valence electrons. The molecule has 2 aromatic heterocycles. The lowest BCUT2D eigenvalue weighted by atomic mass is 9.78. The minimum Gasteiger partial charge on any atom is -0.465 e. The minimum absolute atomic E-state index is 0.0608. The van der Waals surface area contributed by atoms with Crippen molar-refractivity contribution in [3.63, 3.8) is 0 Å². The highest BCUT2D eigenvalue weighted by molar-refractivity contribution is 6.29. The van der Waals surface area contributed by atoms with Crippen LogP contribution in [0.25, 0.3) is 0 Å². The zero-order valence-electron chi connectivity index (χ0n) is 16.8. The van der Waals surface area contributed by atoms with Crippen LogP contribution in [0, 0.1) is 17.3 Å². The number of carbonyl (C=O) groups is 1. The molecule has 0 fully saturated rings. The Morgan fingerprint density at radius 2 is 2.12 bits per heavy atom. The van der Waals surface area contributed by atoms with Crippen molar-refractivity contribution in [2.75, 3.05) is 11.9 Å². The van der Waals surface area contributed by atoms with Gasteiger partial charge in [-0.25, -0.2) is 15.0 Å². The van der Waals surface area contributed by atoms with Gasteiger partial charge in [-0.2, -0.15) is 9.65 Å². The number of aromatic nitrogens is 2. The summed E-state index contributed by atoms with van der Waals surface area (Å²) < 4.78 is 25.7. The highest BCUT2D eigenvalue weighted by Gasteiger charge is 2.46. The van der Waals surface area contributed by atoms with Crippen LogP contribution in [-0.4, -0.2) is 28.5 Å². The molecule has 4 heterocycles. The van der Waals surface area contributed by atoms with Gasteiger partial charge in [0.15, 0.2) is 5.75 Å². The summed E-state index contributed by atoms with van der Waals surface area (Å²) in [5.41, 5.74) is 6.56. The monoisotopic (exact) mass is 464 g/mol. The predicted octanol–water partition coefficient (Wildman–Crippen LogP) is 3.48. The van der Waals surface area contributed by atoms with Crippen LogP contribution in [0.1, 0.15) is 33.6 Å². The second-order valence-corrected chi connectivity index (χ2v) is 7.72. The van der Waals surface area contributed by atoms with E-state index in [4.69, 9.17) is 32.1 Å². The summed E-state index contributed by atoms with van der Waals surface area (Å²) in [7, 11) is 0. The number of pyridine rings is 2. The van der Waals surface area contributed by atoms with Crippen LogP contribution in [0.2, 0.25) is 5.15 Å². The molecule has 1 aromatic carbocycles. The van der Waals surface area contributed by atoms with Crippen molar-refractivity contribution in [1.82, 2.24) is 9.97 Å². The van der Waals surface area contributed by atoms with E-state index in [1.807, 2.05) is 6.07 Å².